The van der Waals surface area contributed by atoms with Gasteiger partial charge in [0, 0.05) is 31.9 Å². The molecule has 0 bridgehead atoms. The van der Waals surface area contributed by atoms with Gasteiger partial charge in [0.25, 0.3) is 0 Å². The Labute approximate surface area is 109 Å². The summed E-state index contributed by atoms with van der Waals surface area (Å²) in [5.74, 6) is 0.703. The Balaban J connectivity index is 1.88. The Kier molecular flexibility index (Phi) is 4.96. The number of pyridine rings is 1. The molecule has 1 fully saturated rings. The van der Waals surface area contributed by atoms with Crippen molar-refractivity contribution in [2.24, 2.45) is 0 Å². The van der Waals surface area contributed by atoms with Gasteiger partial charge in [0.1, 0.15) is 0 Å². The summed E-state index contributed by atoms with van der Waals surface area (Å²) in [6, 6.07) is 4.03. The van der Waals surface area contributed by atoms with Crippen molar-refractivity contribution in [2.75, 3.05) is 26.3 Å². The first-order chi connectivity index (χ1) is 8.81. The van der Waals surface area contributed by atoms with Crippen LogP contribution in [0.3, 0.4) is 0 Å². The van der Waals surface area contributed by atoms with Crippen LogP contribution in [0.4, 0.5) is 0 Å². The van der Waals surface area contributed by atoms with Gasteiger partial charge in [-0.25, -0.2) is 4.98 Å². The molecule has 2 heterocycles. The zero-order valence-corrected chi connectivity index (χ0v) is 11.3. The third kappa shape index (κ3) is 3.68. The number of hydrogen-bond acceptors (Lipinski definition) is 4. The first-order valence-electron chi connectivity index (χ1n) is 6.73. The molecular formula is C14H22N2O2. The van der Waals surface area contributed by atoms with E-state index in [0.29, 0.717) is 18.6 Å². The highest BCUT2D eigenvalue weighted by Gasteiger charge is 2.18. The molecule has 1 aromatic rings. The Morgan fingerprint density at radius 2 is 2.33 bits per heavy atom. The van der Waals surface area contributed by atoms with Gasteiger partial charge >= 0.3 is 0 Å². The van der Waals surface area contributed by atoms with Crippen LogP contribution in [0.25, 0.3) is 0 Å². The van der Waals surface area contributed by atoms with Crippen molar-refractivity contribution >= 4 is 0 Å². The van der Waals surface area contributed by atoms with E-state index >= 15 is 0 Å². The Morgan fingerprint density at radius 3 is 3.00 bits per heavy atom. The summed E-state index contributed by atoms with van der Waals surface area (Å²) < 4.78 is 11.0. The zero-order chi connectivity index (χ0) is 12.8. The van der Waals surface area contributed by atoms with Crippen LogP contribution in [0.15, 0.2) is 18.3 Å². The molecule has 18 heavy (non-hydrogen) atoms. The second kappa shape index (κ2) is 6.71. The van der Waals surface area contributed by atoms with Crippen molar-refractivity contribution in [3.8, 4) is 5.88 Å². The van der Waals surface area contributed by atoms with E-state index < -0.39 is 0 Å². The lowest BCUT2D eigenvalue weighted by atomic mass is 10.2. The summed E-state index contributed by atoms with van der Waals surface area (Å²) in [6.07, 6.45) is 3.37. The van der Waals surface area contributed by atoms with Crippen molar-refractivity contribution in [3.63, 3.8) is 0 Å². The summed E-state index contributed by atoms with van der Waals surface area (Å²) in [5.41, 5.74) is 1.23. The van der Waals surface area contributed by atoms with E-state index in [9.17, 15) is 0 Å². The van der Waals surface area contributed by atoms with Crippen molar-refractivity contribution in [2.45, 2.75) is 32.9 Å². The summed E-state index contributed by atoms with van der Waals surface area (Å²) >= 11 is 0. The molecule has 1 aromatic heterocycles. The fourth-order valence-corrected chi connectivity index (χ4v) is 2.17. The van der Waals surface area contributed by atoms with Gasteiger partial charge in [0.2, 0.25) is 5.88 Å². The number of ether oxygens (including phenoxy) is 2. The fourth-order valence-electron chi connectivity index (χ4n) is 2.17. The van der Waals surface area contributed by atoms with Gasteiger partial charge in [-0.3, -0.25) is 4.90 Å². The smallest absolute Gasteiger partial charge is 0.213 e. The predicted octanol–water partition coefficient (Wildman–Crippen LogP) is 2.09. The lowest BCUT2D eigenvalue weighted by Crippen LogP contribution is -2.41. The van der Waals surface area contributed by atoms with Crippen LogP contribution in [-0.4, -0.2) is 42.3 Å². The van der Waals surface area contributed by atoms with E-state index in [1.54, 1.807) is 0 Å². The van der Waals surface area contributed by atoms with Crippen LogP contribution in [0.5, 0.6) is 5.88 Å². The second-order valence-corrected chi connectivity index (χ2v) is 4.57. The molecule has 0 aromatic carbocycles. The van der Waals surface area contributed by atoms with E-state index in [2.05, 4.69) is 22.9 Å². The highest BCUT2D eigenvalue weighted by atomic mass is 16.5. The molecule has 4 heteroatoms. The lowest BCUT2D eigenvalue weighted by Gasteiger charge is -2.32. The number of morpholine rings is 1. The molecule has 1 saturated heterocycles. The van der Waals surface area contributed by atoms with Gasteiger partial charge in [0.15, 0.2) is 0 Å². The summed E-state index contributed by atoms with van der Waals surface area (Å²) in [6.45, 7) is 8.60. The Morgan fingerprint density at radius 1 is 1.44 bits per heavy atom. The average molecular weight is 250 g/mol. The molecule has 1 unspecified atom stereocenters. The SMILES string of the molecule is CCOc1ccc(CN2CCOC(CC)C2)cn1. The first-order valence-corrected chi connectivity index (χ1v) is 6.73. The minimum atomic E-state index is 0.384. The van der Waals surface area contributed by atoms with Gasteiger partial charge < -0.3 is 9.47 Å². The molecule has 1 aliphatic heterocycles. The molecular weight excluding hydrogens is 228 g/mol. The van der Waals surface area contributed by atoms with Gasteiger partial charge in [-0.15, -0.1) is 0 Å². The lowest BCUT2D eigenvalue weighted by molar-refractivity contribution is -0.0325. The van der Waals surface area contributed by atoms with E-state index in [1.165, 1.54) is 5.56 Å². The van der Waals surface area contributed by atoms with Crippen LogP contribution >= 0.6 is 0 Å². The van der Waals surface area contributed by atoms with Crippen LogP contribution < -0.4 is 4.74 Å². The Hall–Kier alpha value is -1.13. The van der Waals surface area contributed by atoms with Gasteiger partial charge in [-0.05, 0) is 18.9 Å². The van der Waals surface area contributed by atoms with E-state index in [0.717, 1.165) is 32.7 Å². The van der Waals surface area contributed by atoms with Crippen molar-refractivity contribution < 1.29 is 9.47 Å². The van der Waals surface area contributed by atoms with E-state index in [4.69, 9.17) is 9.47 Å². The third-order valence-corrected chi connectivity index (χ3v) is 3.17. The number of nitrogens with zero attached hydrogens (tertiary/aromatic N) is 2. The highest BCUT2D eigenvalue weighted by molar-refractivity contribution is 5.17. The maximum atomic E-state index is 5.67. The highest BCUT2D eigenvalue weighted by Crippen LogP contribution is 2.13. The average Bonchev–Trinajstić information content (AvgIpc) is 2.42. The van der Waals surface area contributed by atoms with Crippen LogP contribution in [-0.2, 0) is 11.3 Å². The summed E-state index contributed by atoms with van der Waals surface area (Å²) in [5, 5.41) is 0. The predicted molar refractivity (Wildman–Crippen MR) is 70.7 cm³/mol. The van der Waals surface area contributed by atoms with Gasteiger partial charge in [0.05, 0.1) is 19.3 Å². The van der Waals surface area contributed by atoms with Crippen molar-refractivity contribution in [1.82, 2.24) is 9.88 Å². The van der Waals surface area contributed by atoms with Crippen LogP contribution in [0.2, 0.25) is 0 Å². The maximum Gasteiger partial charge on any atom is 0.213 e. The molecule has 0 amide bonds. The molecule has 1 aliphatic rings. The van der Waals surface area contributed by atoms with E-state index in [-0.39, 0.29) is 0 Å². The van der Waals surface area contributed by atoms with Crippen LogP contribution in [0.1, 0.15) is 25.8 Å². The molecule has 0 spiro atoms. The monoisotopic (exact) mass is 250 g/mol. The molecule has 0 aliphatic carbocycles. The number of hydrogen-bond donors (Lipinski definition) is 0. The summed E-state index contributed by atoms with van der Waals surface area (Å²) in [4.78, 5) is 6.72. The number of rotatable bonds is 5. The minimum Gasteiger partial charge on any atom is -0.478 e. The van der Waals surface area contributed by atoms with Crippen LogP contribution in [0, 0.1) is 0 Å². The largest absolute Gasteiger partial charge is 0.478 e. The molecule has 0 saturated carbocycles. The minimum absolute atomic E-state index is 0.384. The molecule has 100 valence electrons. The maximum absolute atomic E-state index is 5.67. The Bertz CT molecular complexity index is 353. The van der Waals surface area contributed by atoms with Gasteiger partial charge in [-0.2, -0.15) is 0 Å². The van der Waals surface area contributed by atoms with E-state index in [1.807, 2.05) is 19.2 Å². The van der Waals surface area contributed by atoms with Gasteiger partial charge in [-0.1, -0.05) is 13.0 Å². The second-order valence-electron chi connectivity index (χ2n) is 4.57. The normalized spacial score (nSPS) is 20.9. The number of aromatic nitrogens is 1. The topological polar surface area (TPSA) is 34.6 Å². The molecule has 2 rings (SSSR count). The summed E-state index contributed by atoms with van der Waals surface area (Å²) in [7, 11) is 0. The first kappa shape index (κ1) is 13.3. The third-order valence-electron chi connectivity index (χ3n) is 3.17. The zero-order valence-electron chi connectivity index (χ0n) is 11.3. The van der Waals surface area contributed by atoms with Crippen molar-refractivity contribution in [3.05, 3.63) is 23.9 Å². The van der Waals surface area contributed by atoms with Crippen molar-refractivity contribution in [1.29, 1.82) is 0 Å². The molecule has 0 radical (unpaired) electrons. The molecule has 0 N–H and O–H groups in total. The standard InChI is InChI=1S/C14H22N2O2/c1-3-13-11-16(7-8-18-13)10-12-5-6-14(15-9-12)17-4-2/h5-6,9,13H,3-4,7-8,10-11H2,1-2H3. The molecule has 1 atom stereocenters. The molecule has 4 nitrogen and oxygen atoms in total. The quantitative estimate of drug-likeness (QED) is 0.801. The fraction of sp³-hybridized carbons (Fsp3) is 0.643.